The number of hydroxylamine groups is 1. The number of aliphatic hydroxyl groups is 1. The second-order valence-corrected chi connectivity index (χ2v) is 8.66. The van der Waals surface area contributed by atoms with Gasteiger partial charge in [-0.25, -0.2) is 13.6 Å². The number of primary sulfonamides is 1. The number of amides is 1. The summed E-state index contributed by atoms with van der Waals surface area (Å²) >= 11 is 1.19. The van der Waals surface area contributed by atoms with Crippen LogP contribution in [0.15, 0.2) is 23.6 Å². The summed E-state index contributed by atoms with van der Waals surface area (Å²) in [5, 5.41) is 17.0. The first kappa shape index (κ1) is 19.9. The Bertz CT molecular complexity index is 784. The standard InChI is InChI=1S/C16H22N2O5S2/c1-11-8-12(2)14(13(3)9-11)18(23-6-5-19)15(20)16(25(17,21)22)4-7-24-10-16/h4,7-9,19H,5-6,10H2,1-3H3,(H2,17,21,22). The second kappa shape index (κ2) is 7.46. The largest absolute Gasteiger partial charge is 0.394 e. The number of nitrogens with two attached hydrogens (primary N) is 1. The smallest absolute Gasteiger partial charge is 0.278 e. The van der Waals surface area contributed by atoms with Crippen LogP contribution < -0.4 is 10.2 Å². The number of hydrogen-bond acceptors (Lipinski definition) is 6. The Morgan fingerprint density at radius 1 is 1.36 bits per heavy atom. The molecule has 1 amide bonds. The van der Waals surface area contributed by atoms with Gasteiger partial charge in [-0.05, 0) is 43.4 Å². The maximum atomic E-state index is 13.2. The zero-order valence-corrected chi connectivity index (χ0v) is 16.0. The number of hydrogen-bond donors (Lipinski definition) is 2. The Kier molecular flexibility index (Phi) is 5.95. The minimum atomic E-state index is -4.22. The molecule has 1 atom stereocenters. The van der Waals surface area contributed by atoms with Crippen LogP contribution in [0.5, 0.6) is 0 Å². The molecule has 2 rings (SSSR count). The molecule has 0 spiro atoms. The molecule has 0 radical (unpaired) electrons. The predicted molar refractivity (Wildman–Crippen MR) is 98.6 cm³/mol. The highest BCUT2D eigenvalue weighted by atomic mass is 32.2. The van der Waals surface area contributed by atoms with Gasteiger partial charge in [0.25, 0.3) is 5.91 Å². The van der Waals surface area contributed by atoms with Crippen LogP contribution >= 0.6 is 11.8 Å². The molecule has 0 saturated heterocycles. The topological polar surface area (TPSA) is 110 Å². The quantitative estimate of drug-likeness (QED) is 0.710. The highest BCUT2D eigenvalue weighted by molar-refractivity contribution is 8.04. The van der Waals surface area contributed by atoms with Crippen LogP contribution in [-0.2, 0) is 19.7 Å². The Hall–Kier alpha value is -1.39. The zero-order chi connectivity index (χ0) is 18.8. The summed E-state index contributed by atoms with van der Waals surface area (Å²) < 4.78 is 22.5. The van der Waals surface area contributed by atoms with Crippen molar-refractivity contribution in [2.45, 2.75) is 25.5 Å². The van der Waals surface area contributed by atoms with Gasteiger partial charge in [-0.2, -0.15) is 5.06 Å². The van der Waals surface area contributed by atoms with Crippen molar-refractivity contribution < 1.29 is 23.2 Å². The van der Waals surface area contributed by atoms with E-state index in [9.17, 15) is 13.2 Å². The van der Waals surface area contributed by atoms with E-state index >= 15 is 0 Å². The van der Waals surface area contributed by atoms with Crippen molar-refractivity contribution in [2.75, 3.05) is 24.0 Å². The van der Waals surface area contributed by atoms with Crippen molar-refractivity contribution in [3.05, 3.63) is 40.3 Å². The van der Waals surface area contributed by atoms with Crippen LogP contribution in [-0.4, -0.2) is 43.1 Å². The number of benzene rings is 1. The first-order valence-corrected chi connectivity index (χ1v) is 10.2. The number of rotatable bonds is 6. The summed E-state index contributed by atoms with van der Waals surface area (Å²) in [6, 6.07) is 3.74. The van der Waals surface area contributed by atoms with E-state index in [0.29, 0.717) is 5.69 Å². The van der Waals surface area contributed by atoms with Crippen LogP contribution in [0.3, 0.4) is 0 Å². The number of aryl methyl sites for hydroxylation is 3. The molecule has 1 aliphatic heterocycles. The lowest BCUT2D eigenvalue weighted by atomic mass is 10.0. The molecule has 0 aromatic heterocycles. The third-order valence-corrected chi connectivity index (χ3v) is 6.54. The molecule has 1 aliphatic rings. The molecule has 0 saturated carbocycles. The highest BCUT2D eigenvalue weighted by Crippen LogP contribution is 2.36. The molecule has 3 N–H and O–H groups in total. The number of carbonyl (C=O) groups excluding carboxylic acids is 1. The Balaban J connectivity index is 2.59. The monoisotopic (exact) mass is 386 g/mol. The van der Waals surface area contributed by atoms with E-state index < -0.39 is 20.7 Å². The summed E-state index contributed by atoms with van der Waals surface area (Å²) in [5.74, 6) is -0.812. The number of anilines is 1. The lowest BCUT2D eigenvalue weighted by Crippen LogP contribution is -2.56. The van der Waals surface area contributed by atoms with Gasteiger partial charge in [-0.1, -0.05) is 17.7 Å². The van der Waals surface area contributed by atoms with Crippen molar-refractivity contribution in [1.29, 1.82) is 0 Å². The van der Waals surface area contributed by atoms with Crippen LogP contribution in [0, 0.1) is 20.8 Å². The number of carbonyl (C=O) groups is 1. The van der Waals surface area contributed by atoms with Crippen LogP contribution in [0.25, 0.3) is 0 Å². The van der Waals surface area contributed by atoms with Gasteiger partial charge in [0.05, 0.1) is 18.9 Å². The lowest BCUT2D eigenvalue weighted by Gasteiger charge is -2.32. The van der Waals surface area contributed by atoms with Crippen molar-refractivity contribution >= 4 is 33.4 Å². The maximum Gasteiger partial charge on any atom is 0.278 e. The molecule has 138 valence electrons. The van der Waals surface area contributed by atoms with Gasteiger partial charge >= 0.3 is 0 Å². The van der Waals surface area contributed by atoms with E-state index in [-0.39, 0.29) is 19.0 Å². The molecule has 1 aromatic rings. The molecular formula is C16H22N2O5S2. The van der Waals surface area contributed by atoms with Gasteiger partial charge in [0.1, 0.15) is 0 Å². The molecule has 0 aliphatic carbocycles. The van der Waals surface area contributed by atoms with Gasteiger partial charge in [-0.3, -0.25) is 9.63 Å². The van der Waals surface area contributed by atoms with Crippen LogP contribution in [0.2, 0.25) is 0 Å². The van der Waals surface area contributed by atoms with E-state index in [1.165, 1.54) is 17.8 Å². The SMILES string of the molecule is Cc1cc(C)c(N(OCCO)C(=O)C2(S(N)(=O)=O)C=CSC2)c(C)c1. The normalized spacial score (nSPS) is 20.0. The van der Waals surface area contributed by atoms with E-state index in [0.717, 1.165) is 21.8 Å². The molecule has 9 heteroatoms. The number of thioether (sulfide) groups is 1. The van der Waals surface area contributed by atoms with Gasteiger partial charge < -0.3 is 5.11 Å². The van der Waals surface area contributed by atoms with Crippen LogP contribution in [0.1, 0.15) is 16.7 Å². The predicted octanol–water partition coefficient (Wildman–Crippen LogP) is 1.16. The fraction of sp³-hybridized carbons (Fsp3) is 0.438. The average molecular weight is 386 g/mol. The van der Waals surface area contributed by atoms with Crippen molar-refractivity contribution in [3.8, 4) is 0 Å². The summed E-state index contributed by atoms with van der Waals surface area (Å²) in [7, 11) is -4.22. The highest BCUT2D eigenvalue weighted by Gasteiger charge is 2.52. The van der Waals surface area contributed by atoms with Gasteiger partial charge in [-0.15, -0.1) is 11.8 Å². The van der Waals surface area contributed by atoms with Crippen molar-refractivity contribution in [3.63, 3.8) is 0 Å². The van der Waals surface area contributed by atoms with Gasteiger partial charge in [0.15, 0.2) is 4.75 Å². The molecular weight excluding hydrogens is 364 g/mol. The minimum absolute atomic E-state index is 0.0202. The first-order valence-electron chi connectivity index (χ1n) is 7.62. The molecule has 25 heavy (non-hydrogen) atoms. The molecule has 1 heterocycles. The van der Waals surface area contributed by atoms with E-state index in [4.69, 9.17) is 15.1 Å². The summed E-state index contributed by atoms with van der Waals surface area (Å²) in [5.41, 5.74) is 2.97. The summed E-state index contributed by atoms with van der Waals surface area (Å²) in [6.45, 7) is 5.06. The van der Waals surface area contributed by atoms with E-state index in [1.54, 1.807) is 19.3 Å². The number of sulfonamides is 1. The van der Waals surface area contributed by atoms with Crippen LogP contribution in [0.4, 0.5) is 5.69 Å². The van der Waals surface area contributed by atoms with Crippen molar-refractivity contribution in [2.24, 2.45) is 5.14 Å². The Labute approximate surface area is 151 Å². The lowest BCUT2D eigenvalue weighted by molar-refractivity contribution is -0.127. The summed E-state index contributed by atoms with van der Waals surface area (Å²) in [4.78, 5) is 18.6. The van der Waals surface area contributed by atoms with Gasteiger partial charge in [0, 0.05) is 5.75 Å². The second-order valence-electron chi connectivity index (χ2n) is 5.95. The maximum absolute atomic E-state index is 13.2. The average Bonchev–Trinajstić information content (AvgIpc) is 2.99. The molecule has 7 nitrogen and oxygen atoms in total. The minimum Gasteiger partial charge on any atom is -0.394 e. The third-order valence-electron chi connectivity index (χ3n) is 3.94. The molecule has 1 aromatic carbocycles. The molecule has 0 bridgehead atoms. The Morgan fingerprint density at radius 3 is 2.40 bits per heavy atom. The molecule has 1 unspecified atom stereocenters. The van der Waals surface area contributed by atoms with E-state index in [1.807, 2.05) is 19.1 Å². The fourth-order valence-electron chi connectivity index (χ4n) is 2.83. The summed E-state index contributed by atoms with van der Waals surface area (Å²) in [6.07, 6.45) is 1.30. The molecule has 0 fully saturated rings. The Morgan fingerprint density at radius 2 is 1.96 bits per heavy atom. The zero-order valence-electron chi connectivity index (χ0n) is 14.4. The first-order chi connectivity index (χ1) is 11.6. The van der Waals surface area contributed by atoms with Crippen molar-refractivity contribution in [1.82, 2.24) is 0 Å². The number of nitrogens with zero attached hydrogens (tertiary/aromatic N) is 1. The van der Waals surface area contributed by atoms with Gasteiger partial charge in [0.2, 0.25) is 10.0 Å². The van der Waals surface area contributed by atoms with E-state index in [2.05, 4.69) is 0 Å². The number of aliphatic hydroxyl groups excluding tert-OH is 1. The third kappa shape index (κ3) is 3.75. The fourth-order valence-corrected chi connectivity index (χ4v) is 5.25.